The molecule has 2 aromatic heterocycles. The van der Waals surface area contributed by atoms with Crippen molar-refractivity contribution in [3.05, 3.63) is 42.3 Å². The predicted octanol–water partition coefficient (Wildman–Crippen LogP) is 2.41. The Balaban J connectivity index is 1.87. The van der Waals surface area contributed by atoms with Gasteiger partial charge in [0.25, 0.3) is 0 Å². The molecule has 1 atom stereocenters. The van der Waals surface area contributed by atoms with Crippen LogP contribution in [0.1, 0.15) is 43.7 Å². The number of piperidine rings is 1. The van der Waals surface area contributed by atoms with Crippen molar-refractivity contribution in [3.63, 3.8) is 0 Å². The second-order valence-electron chi connectivity index (χ2n) is 6.20. The lowest BCUT2D eigenvalue weighted by Crippen LogP contribution is -2.48. The number of likely N-dealkylation sites (tertiary alicyclic amines) is 1. The number of carbonyl (C=O) groups is 1. The van der Waals surface area contributed by atoms with Crippen molar-refractivity contribution in [2.24, 2.45) is 0 Å². The lowest BCUT2D eigenvalue weighted by molar-refractivity contribution is 0.0704. The summed E-state index contributed by atoms with van der Waals surface area (Å²) in [6.07, 6.45) is 6.66. The number of amides is 1. The van der Waals surface area contributed by atoms with Gasteiger partial charge >= 0.3 is 6.09 Å². The SMILES string of the molecule is CCCN(C1CCN(C(=O)O)CC1)C(c1ccncc1)c1ncno1. The Morgan fingerprint density at radius 1 is 1.40 bits per heavy atom. The summed E-state index contributed by atoms with van der Waals surface area (Å²) >= 11 is 0. The highest BCUT2D eigenvalue weighted by Crippen LogP contribution is 2.32. The van der Waals surface area contributed by atoms with Crippen LogP contribution >= 0.6 is 0 Å². The zero-order valence-electron chi connectivity index (χ0n) is 14.3. The van der Waals surface area contributed by atoms with Crippen molar-refractivity contribution < 1.29 is 14.4 Å². The van der Waals surface area contributed by atoms with Crippen LogP contribution in [0.25, 0.3) is 0 Å². The van der Waals surface area contributed by atoms with E-state index in [4.69, 9.17) is 4.52 Å². The van der Waals surface area contributed by atoms with Gasteiger partial charge in [0.05, 0.1) is 0 Å². The average Bonchev–Trinajstić information content (AvgIpc) is 3.16. The van der Waals surface area contributed by atoms with E-state index >= 15 is 0 Å². The molecule has 2 aromatic rings. The first kappa shape index (κ1) is 17.3. The van der Waals surface area contributed by atoms with E-state index in [0.717, 1.165) is 31.4 Å². The van der Waals surface area contributed by atoms with Gasteiger partial charge in [-0.05, 0) is 43.5 Å². The van der Waals surface area contributed by atoms with Gasteiger partial charge in [-0.25, -0.2) is 4.79 Å². The third-order valence-electron chi connectivity index (χ3n) is 4.65. The van der Waals surface area contributed by atoms with Gasteiger partial charge in [0.2, 0.25) is 5.89 Å². The van der Waals surface area contributed by atoms with Crippen LogP contribution in [-0.2, 0) is 0 Å². The van der Waals surface area contributed by atoms with Crippen molar-refractivity contribution >= 4 is 6.09 Å². The molecule has 0 spiro atoms. The zero-order valence-corrected chi connectivity index (χ0v) is 14.3. The molecule has 1 N–H and O–H groups in total. The number of pyridine rings is 1. The third-order valence-corrected chi connectivity index (χ3v) is 4.65. The number of carboxylic acid groups (broad SMARTS) is 1. The van der Waals surface area contributed by atoms with Crippen molar-refractivity contribution in [1.29, 1.82) is 0 Å². The van der Waals surface area contributed by atoms with Gasteiger partial charge in [0.1, 0.15) is 6.04 Å². The first-order valence-electron chi connectivity index (χ1n) is 8.60. The van der Waals surface area contributed by atoms with E-state index in [0.29, 0.717) is 19.0 Å². The molecule has 0 saturated carbocycles. The monoisotopic (exact) mass is 345 g/mol. The Hall–Kier alpha value is -2.48. The summed E-state index contributed by atoms with van der Waals surface area (Å²) in [6.45, 7) is 4.10. The topological polar surface area (TPSA) is 95.6 Å². The van der Waals surface area contributed by atoms with Crippen LogP contribution in [0.15, 0.2) is 35.4 Å². The Morgan fingerprint density at radius 3 is 2.68 bits per heavy atom. The molecular weight excluding hydrogens is 322 g/mol. The van der Waals surface area contributed by atoms with E-state index in [1.165, 1.54) is 11.2 Å². The van der Waals surface area contributed by atoms with Gasteiger partial charge in [0.15, 0.2) is 6.33 Å². The van der Waals surface area contributed by atoms with E-state index in [2.05, 4.69) is 26.9 Å². The Kier molecular flexibility index (Phi) is 5.60. The van der Waals surface area contributed by atoms with E-state index in [1.54, 1.807) is 12.4 Å². The number of aromatic nitrogens is 3. The van der Waals surface area contributed by atoms with Gasteiger partial charge < -0.3 is 14.5 Å². The minimum absolute atomic E-state index is 0.146. The molecule has 3 rings (SSSR count). The number of nitrogens with zero attached hydrogens (tertiary/aromatic N) is 5. The van der Waals surface area contributed by atoms with Crippen molar-refractivity contribution in [2.45, 2.75) is 38.3 Å². The summed E-state index contributed by atoms with van der Waals surface area (Å²) in [5.74, 6) is 0.556. The molecule has 8 heteroatoms. The van der Waals surface area contributed by atoms with Crippen LogP contribution in [0.2, 0.25) is 0 Å². The zero-order chi connectivity index (χ0) is 17.6. The van der Waals surface area contributed by atoms with Crippen LogP contribution in [0.3, 0.4) is 0 Å². The number of rotatable bonds is 6. The predicted molar refractivity (Wildman–Crippen MR) is 90.0 cm³/mol. The molecule has 1 unspecified atom stereocenters. The maximum atomic E-state index is 11.2. The van der Waals surface area contributed by atoms with Crippen molar-refractivity contribution in [1.82, 2.24) is 24.9 Å². The first-order valence-corrected chi connectivity index (χ1v) is 8.60. The minimum atomic E-state index is -0.844. The molecule has 1 aliphatic rings. The molecule has 3 heterocycles. The highest BCUT2D eigenvalue weighted by molar-refractivity contribution is 5.65. The lowest BCUT2D eigenvalue weighted by atomic mass is 9.97. The summed E-state index contributed by atoms with van der Waals surface area (Å²) in [7, 11) is 0. The van der Waals surface area contributed by atoms with Gasteiger partial charge in [0, 0.05) is 31.5 Å². The molecule has 1 amide bonds. The van der Waals surface area contributed by atoms with Crippen LogP contribution in [0.5, 0.6) is 0 Å². The smallest absolute Gasteiger partial charge is 0.407 e. The summed E-state index contributed by atoms with van der Waals surface area (Å²) in [5, 5.41) is 13.0. The maximum Gasteiger partial charge on any atom is 0.407 e. The number of hydrogen-bond acceptors (Lipinski definition) is 6. The lowest BCUT2D eigenvalue weighted by Gasteiger charge is -2.40. The van der Waals surface area contributed by atoms with Crippen LogP contribution in [-0.4, -0.2) is 61.8 Å². The fourth-order valence-electron chi connectivity index (χ4n) is 3.49. The third kappa shape index (κ3) is 3.96. The molecule has 1 fully saturated rings. The average molecular weight is 345 g/mol. The quantitative estimate of drug-likeness (QED) is 0.859. The Morgan fingerprint density at radius 2 is 2.12 bits per heavy atom. The van der Waals surface area contributed by atoms with Crippen LogP contribution in [0.4, 0.5) is 4.79 Å². The van der Waals surface area contributed by atoms with E-state index in [1.807, 2.05) is 12.1 Å². The highest BCUT2D eigenvalue weighted by Gasteiger charge is 2.34. The first-order chi connectivity index (χ1) is 12.2. The van der Waals surface area contributed by atoms with Crippen LogP contribution < -0.4 is 0 Å². The van der Waals surface area contributed by atoms with E-state index in [-0.39, 0.29) is 12.1 Å². The highest BCUT2D eigenvalue weighted by atomic mass is 16.5. The van der Waals surface area contributed by atoms with Crippen molar-refractivity contribution in [2.75, 3.05) is 19.6 Å². The molecule has 0 bridgehead atoms. The summed E-state index contributed by atoms with van der Waals surface area (Å²) in [5.41, 5.74) is 1.05. The summed E-state index contributed by atoms with van der Waals surface area (Å²) in [6, 6.07) is 4.04. The minimum Gasteiger partial charge on any atom is -0.465 e. The molecular formula is C17H23N5O3. The summed E-state index contributed by atoms with van der Waals surface area (Å²) in [4.78, 5) is 23.4. The molecule has 134 valence electrons. The molecule has 25 heavy (non-hydrogen) atoms. The standard InChI is InChI=1S/C17H23N5O3/c1-2-9-22(14-5-10-21(11-6-14)17(23)24)15(16-19-12-20-25-16)13-3-7-18-8-4-13/h3-4,7-8,12,14-15H,2,5-6,9-11H2,1H3,(H,23,24). The van der Waals surface area contributed by atoms with Gasteiger partial charge in [-0.1, -0.05) is 12.1 Å². The van der Waals surface area contributed by atoms with Gasteiger partial charge in [-0.2, -0.15) is 4.98 Å². The molecule has 0 aromatic carbocycles. The number of hydrogen-bond donors (Lipinski definition) is 1. The van der Waals surface area contributed by atoms with Crippen LogP contribution in [0, 0.1) is 0 Å². The molecule has 1 saturated heterocycles. The fourth-order valence-corrected chi connectivity index (χ4v) is 3.49. The normalized spacial score (nSPS) is 17.0. The van der Waals surface area contributed by atoms with Gasteiger partial charge in [-0.3, -0.25) is 9.88 Å². The van der Waals surface area contributed by atoms with Crippen molar-refractivity contribution in [3.8, 4) is 0 Å². The Bertz CT molecular complexity index is 656. The molecule has 1 aliphatic heterocycles. The van der Waals surface area contributed by atoms with Gasteiger partial charge in [-0.15, -0.1) is 0 Å². The maximum absolute atomic E-state index is 11.2. The second-order valence-corrected chi connectivity index (χ2v) is 6.20. The fraction of sp³-hybridized carbons (Fsp3) is 0.529. The molecule has 0 radical (unpaired) electrons. The Labute approximate surface area is 146 Å². The molecule has 8 nitrogen and oxygen atoms in total. The van der Waals surface area contributed by atoms with E-state index in [9.17, 15) is 9.90 Å². The van der Waals surface area contributed by atoms with E-state index < -0.39 is 6.09 Å². The largest absolute Gasteiger partial charge is 0.465 e. The summed E-state index contributed by atoms with van der Waals surface area (Å²) < 4.78 is 5.40. The molecule has 0 aliphatic carbocycles. The second kappa shape index (κ2) is 8.06.